The molecule has 11 heteroatoms. The van der Waals surface area contributed by atoms with E-state index in [1.54, 1.807) is 13.2 Å². The second-order valence-electron chi connectivity index (χ2n) is 10.7. The first-order valence-electron chi connectivity index (χ1n) is 14.3. The number of fused-ring (bicyclic) bond motifs is 4. The molecule has 1 atom stereocenters. The Morgan fingerprint density at radius 3 is 2.54 bits per heavy atom. The maximum Gasteiger partial charge on any atom is 0.290 e. The van der Waals surface area contributed by atoms with Crippen LogP contribution in [0.3, 0.4) is 0 Å². The number of aromatic nitrogens is 3. The number of rotatable bonds is 12. The number of methoxy groups -OCH3 is 1. The number of nitrogens with zero attached hydrogens (tertiary/aromatic N) is 4. The molecule has 0 unspecified atom stereocenters. The number of nitrogens with one attached hydrogen (secondary N) is 1. The van der Waals surface area contributed by atoms with E-state index < -0.39 is 0 Å². The molecule has 3 aliphatic heterocycles. The van der Waals surface area contributed by atoms with Crippen LogP contribution in [0, 0.1) is 5.41 Å². The molecule has 2 aromatic heterocycles. The van der Waals surface area contributed by atoms with Gasteiger partial charge >= 0.3 is 0 Å². The quantitative estimate of drug-likeness (QED) is 0.236. The van der Waals surface area contributed by atoms with Crippen molar-refractivity contribution in [2.75, 3.05) is 26.7 Å². The van der Waals surface area contributed by atoms with Crippen molar-refractivity contribution >= 4 is 29.1 Å². The summed E-state index contributed by atoms with van der Waals surface area (Å²) in [6, 6.07) is 9.15. The minimum absolute atomic E-state index is 0.0910. The molecule has 3 aliphatic rings. The number of hydrogen-bond acceptors (Lipinski definition) is 9. The van der Waals surface area contributed by atoms with Gasteiger partial charge in [0.15, 0.2) is 0 Å². The van der Waals surface area contributed by atoms with Gasteiger partial charge in [-0.3, -0.25) is 14.4 Å². The molecule has 0 radical (unpaired) electrons. The molecule has 1 amide bonds. The molecule has 11 nitrogen and oxygen atoms in total. The highest BCUT2D eigenvalue weighted by Gasteiger charge is 2.45. The molecule has 3 aromatic rings. The Kier molecular flexibility index (Phi) is 10.4. The SMILES string of the molecule is CCC(=O)CCCCC[C@H](NC(=O)C12CCN(CC1)CC2)c1nnc(-c2cc(OC)c3ccccc3n2)o1.O=CO. The fraction of sp³-hybridized carbons (Fsp3) is 0.533. The average molecular weight is 566 g/mol. The van der Waals surface area contributed by atoms with Gasteiger partial charge in [0, 0.05) is 24.3 Å². The van der Waals surface area contributed by atoms with Gasteiger partial charge in [-0.2, -0.15) is 0 Å². The van der Waals surface area contributed by atoms with Crippen LogP contribution in [-0.2, 0) is 14.4 Å². The van der Waals surface area contributed by atoms with Crippen molar-refractivity contribution in [3.8, 4) is 17.3 Å². The van der Waals surface area contributed by atoms with E-state index in [2.05, 4.69) is 20.4 Å². The Balaban J connectivity index is 0.00000124. The lowest BCUT2D eigenvalue weighted by Crippen LogP contribution is -2.55. The summed E-state index contributed by atoms with van der Waals surface area (Å²) < 4.78 is 11.7. The summed E-state index contributed by atoms with van der Waals surface area (Å²) >= 11 is 0. The second-order valence-corrected chi connectivity index (χ2v) is 10.7. The van der Waals surface area contributed by atoms with Crippen molar-refractivity contribution < 1.29 is 28.6 Å². The van der Waals surface area contributed by atoms with Crippen LogP contribution in [0.1, 0.15) is 76.6 Å². The second kappa shape index (κ2) is 14.2. The zero-order valence-electron chi connectivity index (χ0n) is 23.8. The number of unbranched alkanes of at least 4 members (excludes halogenated alkanes) is 2. The van der Waals surface area contributed by atoms with Crippen LogP contribution in [0.15, 0.2) is 34.7 Å². The minimum Gasteiger partial charge on any atom is -0.496 e. The number of ether oxygens (including phenoxy) is 1. The van der Waals surface area contributed by atoms with Gasteiger partial charge in [-0.25, -0.2) is 4.98 Å². The van der Waals surface area contributed by atoms with Gasteiger partial charge in [0.2, 0.25) is 11.8 Å². The lowest BCUT2D eigenvalue weighted by molar-refractivity contribution is -0.139. The molecular weight excluding hydrogens is 526 g/mol. The molecule has 3 fully saturated rings. The van der Waals surface area contributed by atoms with Gasteiger partial charge in [-0.05, 0) is 63.9 Å². The maximum atomic E-state index is 13.6. The zero-order valence-corrected chi connectivity index (χ0v) is 23.8. The highest BCUT2D eigenvalue weighted by atomic mass is 16.5. The number of amides is 1. The first kappa shape index (κ1) is 30.1. The Morgan fingerprint density at radius 1 is 1.15 bits per heavy atom. The minimum atomic E-state index is -0.387. The summed E-state index contributed by atoms with van der Waals surface area (Å²) in [6.07, 6.45) is 7.13. The first-order chi connectivity index (χ1) is 19.9. The number of benzene rings is 1. The van der Waals surface area contributed by atoms with Crippen LogP contribution in [0.2, 0.25) is 0 Å². The van der Waals surface area contributed by atoms with Crippen molar-refractivity contribution in [2.45, 2.75) is 70.8 Å². The number of carboxylic acid groups (broad SMARTS) is 1. The molecule has 3 saturated heterocycles. The van der Waals surface area contributed by atoms with Gasteiger partial charge < -0.3 is 24.5 Å². The number of ketones is 1. The van der Waals surface area contributed by atoms with E-state index in [-0.39, 0.29) is 29.6 Å². The van der Waals surface area contributed by atoms with E-state index in [9.17, 15) is 9.59 Å². The largest absolute Gasteiger partial charge is 0.496 e. The number of para-hydroxylation sites is 1. The van der Waals surface area contributed by atoms with E-state index in [4.69, 9.17) is 24.0 Å². The molecular formula is C30H39N5O6. The number of piperidine rings is 3. The maximum absolute atomic E-state index is 13.6. The summed E-state index contributed by atoms with van der Waals surface area (Å²) in [6.45, 7) is 4.58. The molecule has 2 bridgehead atoms. The van der Waals surface area contributed by atoms with Crippen molar-refractivity contribution in [3.63, 3.8) is 0 Å². The predicted octanol–water partition coefficient (Wildman–Crippen LogP) is 4.57. The fourth-order valence-electron chi connectivity index (χ4n) is 5.66. The van der Waals surface area contributed by atoms with E-state index in [1.165, 1.54) is 0 Å². The lowest BCUT2D eigenvalue weighted by Gasteiger charge is -2.47. The van der Waals surface area contributed by atoms with Crippen molar-refractivity contribution in [3.05, 3.63) is 36.2 Å². The molecule has 2 N–H and O–H groups in total. The fourth-order valence-corrected chi connectivity index (χ4v) is 5.66. The van der Waals surface area contributed by atoms with Crippen LogP contribution < -0.4 is 10.1 Å². The van der Waals surface area contributed by atoms with Gasteiger partial charge in [-0.15, -0.1) is 10.2 Å². The van der Waals surface area contributed by atoms with Crippen molar-refractivity contribution in [1.29, 1.82) is 0 Å². The molecule has 5 heterocycles. The Hall–Kier alpha value is -3.86. The van der Waals surface area contributed by atoms with E-state index in [0.29, 0.717) is 42.5 Å². The Labute approximate surface area is 239 Å². The molecule has 1 aromatic carbocycles. The summed E-state index contributed by atoms with van der Waals surface area (Å²) in [5, 5.41) is 19.7. The highest BCUT2D eigenvalue weighted by Crippen LogP contribution is 2.41. The van der Waals surface area contributed by atoms with E-state index in [1.807, 2.05) is 31.2 Å². The van der Waals surface area contributed by atoms with Crippen molar-refractivity contribution in [1.82, 2.24) is 25.4 Å². The van der Waals surface area contributed by atoms with Crippen LogP contribution in [0.4, 0.5) is 0 Å². The standard InChI is InChI=1S/C29H37N5O4.CH2O2/c1-3-20(35)9-5-4-6-12-23(31-28(36)29-13-16-34(17-14-29)18-15-29)26-32-33-27(38-26)24-19-25(37-2)21-10-7-8-11-22(21)30-24;2-1-3/h7-8,10-11,19,23H,3-6,9,12-18H2,1-2H3,(H,31,36);1H,(H,2,3)/t23-;/m0./s1. The van der Waals surface area contributed by atoms with Gasteiger partial charge in [0.1, 0.15) is 23.3 Å². The third-order valence-corrected chi connectivity index (χ3v) is 8.21. The Morgan fingerprint density at radius 2 is 1.85 bits per heavy atom. The number of carbonyl (C=O) groups excluding carboxylic acids is 2. The summed E-state index contributed by atoms with van der Waals surface area (Å²) in [4.78, 5) is 40.8. The number of Topliss-reactive ketones (excluding diaryl/α,β-unsaturated/α-hetero) is 1. The van der Waals surface area contributed by atoms with Crippen LogP contribution in [0.5, 0.6) is 5.75 Å². The molecule has 6 rings (SSSR count). The molecule has 0 aliphatic carbocycles. The normalized spacial score (nSPS) is 20.1. The van der Waals surface area contributed by atoms with Gasteiger partial charge in [-0.1, -0.05) is 31.9 Å². The molecule has 0 saturated carbocycles. The lowest BCUT2D eigenvalue weighted by atomic mass is 9.71. The van der Waals surface area contributed by atoms with Crippen LogP contribution >= 0.6 is 0 Å². The van der Waals surface area contributed by atoms with Gasteiger partial charge in [0.25, 0.3) is 12.4 Å². The smallest absolute Gasteiger partial charge is 0.290 e. The van der Waals surface area contributed by atoms with Crippen LogP contribution in [-0.4, -0.2) is 70.1 Å². The van der Waals surface area contributed by atoms with Crippen molar-refractivity contribution in [2.24, 2.45) is 5.41 Å². The summed E-state index contributed by atoms with van der Waals surface area (Å²) in [5.74, 6) is 1.74. The van der Waals surface area contributed by atoms with E-state index in [0.717, 1.165) is 69.1 Å². The van der Waals surface area contributed by atoms with Gasteiger partial charge in [0.05, 0.1) is 18.0 Å². The molecule has 220 valence electrons. The average Bonchev–Trinajstić information content (AvgIpc) is 3.51. The highest BCUT2D eigenvalue weighted by molar-refractivity contribution is 5.87. The molecule has 0 spiro atoms. The topological polar surface area (TPSA) is 148 Å². The number of hydrogen-bond donors (Lipinski definition) is 2. The third kappa shape index (κ3) is 7.27. The first-order valence-corrected chi connectivity index (χ1v) is 14.3. The number of carbonyl (C=O) groups is 3. The number of pyridine rings is 1. The van der Waals surface area contributed by atoms with Crippen LogP contribution in [0.25, 0.3) is 22.5 Å². The van der Waals surface area contributed by atoms with E-state index >= 15 is 0 Å². The zero-order chi connectivity index (χ0) is 29.2. The summed E-state index contributed by atoms with van der Waals surface area (Å²) in [5.41, 5.74) is 0.993. The molecule has 41 heavy (non-hydrogen) atoms. The monoisotopic (exact) mass is 565 g/mol. The summed E-state index contributed by atoms with van der Waals surface area (Å²) in [7, 11) is 1.62. The third-order valence-electron chi connectivity index (χ3n) is 8.21. The predicted molar refractivity (Wildman–Crippen MR) is 152 cm³/mol. The Bertz CT molecular complexity index is 1320.